The number of aryl methyl sites for hydroxylation is 2. The number of cyclic esters (lactones) is 1. The molecule has 1 aromatic carbocycles. The van der Waals surface area contributed by atoms with Gasteiger partial charge in [-0.25, -0.2) is 0 Å². The fraction of sp³-hybridized carbons (Fsp3) is 0.519. The van der Waals surface area contributed by atoms with E-state index in [1.165, 1.54) is 0 Å². The Morgan fingerprint density at radius 2 is 1.80 bits per heavy atom. The molecule has 0 aromatic heterocycles. The fourth-order valence-electron chi connectivity index (χ4n) is 6.42. The summed E-state index contributed by atoms with van der Waals surface area (Å²) in [6.45, 7) is 6.94. The summed E-state index contributed by atoms with van der Waals surface area (Å²) in [6.07, 6.45) is 8.94. The van der Waals surface area contributed by atoms with E-state index in [1.807, 2.05) is 63.3 Å². The van der Waals surface area contributed by atoms with Crippen LogP contribution in [0.3, 0.4) is 0 Å². The third-order valence-electron chi connectivity index (χ3n) is 7.83. The van der Waals surface area contributed by atoms with Crippen LogP contribution in [-0.2, 0) is 19.1 Å². The van der Waals surface area contributed by atoms with Crippen LogP contribution in [0.1, 0.15) is 30.9 Å². The highest BCUT2D eigenvalue weighted by Gasteiger charge is 2.74. The summed E-state index contributed by atoms with van der Waals surface area (Å²) >= 11 is 1.55. The SMILES string of the molecule is Cc1cccc(C)c1N1CC=C[C@]23S[C@@]4(C)C=CCOC(=O)[C@H]4[C@H]2C(=O)N(CCCCO)C3C1=O. The van der Waals surface area contributed by atoms with Gasteiger partial charge in [-0.15, -0.1) is 11.8 Å². The van der Waals surface area contributed by atoms with Crippen molar-refractivity contribution in [2.75, 3.05) is 31.2 Å². The highest BCUT2D eigenvalue weighted by Crippen LogP contribution is 2.65. The van der Waals surface area contributed by atoms with Crippen molar-refractivity contribution in [2.45, 2.75) is 49.1 Å². The van der Waals surface area contributed by atoms with Crippen LogP contribution < -0.4 is 4.90 Å². The summed E-state index contributed by atoms with van der Waals surface area (Å²) < 4.78 is 3.94. The molecule has 0 aliphatic carbocycles. The number of para-hydroxylation sites is 1. The zero-order chi connectivity index (χ0) is 25.0. The molecule has 7 nitrogen and oxygen atoms in total. The van der Waals surface area contributed by atoms with Gasteiger partial charge in [0.2, 0.25) is 5.91 Å². The molecule has 35 heavy (non-hydrogen) atoms. The molecule has 4 heterocycles. The molecule has 186 valence electrons. The minimum atomic E-state index is -0.876. The number of aliphatic hydroxyl groups excluding tert-OH is 1. The molecule has 4 aliphatic rings. The number of aliphatic hydroxyl groups is 1. The zero-order valence-corrected chi connectivity index (χ0v) is 21.2. The van der Waals surface area contributed by atoms with Crippen LogP contribution in [0, 0.1) is 25.7 Å². The lowest BCUT2D eigenvalue weighted by molar-refractivity contribution is -0.152. The van der Waals surface area contributed by atoms with Gasteiger partial charge in [0, 0.05) is 30.1 Å². The number of fused-ring (bicyclic) bond motifs is 2. The van der Waals surface area contributed by atoms with E-state index >= 15 is 0 Å². The maximum atomic E-state index is 14.4. The summed E-state index contributed by atoms with van der Waals surface area (Å²) in [4.78, 5) is 45.1. The van der Waals surface area contributed by atoms with Crippen LogP contribution in [0.4, 0.5) is 5.69 Å². The third-order valence-corrected chi connectivity index (χ3v) is 9.63. The van der Waals surface area contributed by atoms with E-state index < -0.39 is 27.4 Å². The number of rotatable bonds is 5. The highest BCUT2D eigenvalue weighted by molar-refractivity contribution is 8.02. The van der Waals surface area contributed by atoms with E-state index in [-0.39, 0.29) is 31.0 Å². The van der Waals surface area contributed by atoms with Gasteiger partial charge in [0.15, 0.2) is 0 Å². The van der Waals surface area contributed by atoms with Gasteiger partial charge >= 0.3 is 5.97 Å². The molecule has 4 aliphatic heterocycles. The first-order chi connectivity index (χ1) is 16.7. The smallest absolute Gasteiger partial charge is 0.311 e. The Balaban J connectivity index is 1.65. The minimum Gasteiger partial charge on any atom is -0.461 e. The highest BCUT2D eigenvalue weighted by atomic mass is 32.2. The number of likely N-dealkylation sites (tertiary alicyclic amines) is 1. The first kappa shape index (κ1) is 24.1. The Kier molecular flexibility index (Phi) is 6.08. The molecule has 2 fully saturated rings. The number of amides is 2. The molecule has 5 atom stereocenters. The average Bonchev–Trinajstić information content (AvgIpc) is 3.06. The Morgan fingerprint density at radius 1 is 1.06 bits per heavy atom. The van der Waals surface area contributed by atoms with E-state index in [0.717, 1.165) is 16.8 Å². The van der Waals surface area contributed by atoms with Gasteiger partial charge in [0.25, 0.3) is 5.91 Å². The van der Waals surface area contributed by atoms with Crippen molar-refractivity contribution in [1.29, 1.82) is 0 Å². The number of hydrogen-bond acceptors (Lipinski definition) is 6. The first-order valence-corrected chi connectivity index (χ1v) is 13.1. The van der Waals surface area contributed by atoms with E-state index in [0.29, 0.717) is 25.9 Å². The van der Waals surface area contributed by atoms with Crippen molar-refractivity contribution in [3.05, 3.63) is 53.6 Å². The standard InChI is InChI=1S/C27H32N2O5S/c1-17-9-6-10-18(2)21(17)28-14-7-12-27-19(20-25(33)34-16-8-11-26(20,3)35-27)23(31)29(13-4-5-15-30)22(27)24(28)32/h6-12,19-20,22,30H,4-5,13-16H2,1-3H3/t19-,20+,22?,26-,27-/m0/s1. The average molecular weight is 497 g/mol. The van der Waals surface area contributed by atoms with Crippen LogP contribution in [0.15, 0.2) is 42.5 Å². The molecule has 1 unspecified atom stereocenters. The lowest BCUT2D eigenvalue weighted by atomic mass is 9.75. The second-order valence-electron chi connectivity index (χ2n) is 10.1. The van der Waals surface area contributed by atoms with Crippen molar-refractivity contribution in [1.82, 2.24) is 4.90 Å². The number of anilines is 1. The second-order valence-corrected chi connectivity index (χ2v) is 11.9. The number of carbonyl (C=O) groups excluding carboxylic acids is 3. The number of hydrogen-bond donors (Lipinski definition) is 1. The quantitative estimate of drug-likeness (QED) is 0.383. The van der Waals surface area contributed by atoms with Crippen LogP contribution >= 0.6 is 11.8 Å². The Bertz CT molecular complexity index is 1110. The van der Waals surface area contributed by atoms with Crippen molar-refractivity contribution in [3.8, 4) is 0 Å². The minimum absolute atomic E-state index is 0.0240. The summed E-state index contributed by atoms with van der Waals surface area (Å²) in [6, 6.07) is 5.22. The number of ether oxygens (including phenoxy) is 1. The van der Waals surface area contributed by atoms with Crippen LogP contribution in [0.25, 0.3) is 0 Å². The Hall–Kier alpha value is -2.58. The number of nitrogens with zero attached hydrogens (tertiary/aromatic N) is 2. The molecular formula is C27H32N2O5S. The number of esters is 1. The van der Waals surface area contributed by atoms with Crippen molar-refractivity contribution in [2.24, 2.45) is 11.8 Å². The largest absolute Gasteiger partial charge is 0.461 e. The molecule has 8 heteroatoms. The molecule has 2 amide bonds. The van der Waals surface area contributed by atoms with Crippen LogP contribution in [0.2, 0.25) is 0 Å². The predicted octanol–water partition coefficient (Wildman–Crippen LogP) is 2.78. The number of thioether (sulfide) groups is 1. The lowest BCUT2D eigenvalue weighted by Crippen LogP contribution is -2.53. The van der Waals surface area contributed by atoms with Crippen LogP contribution in [-0.4, -0.2) is 69.6 Å². The molecule has 1 aromatic rings. The third kappa shape index (κ3) is 3.56. The van der Waals surface area contributed by atoms with Crippen molar-refractivity contribution >= 4 is 35.2 Å². The molecule has 1 spiro atoms. The van der Waals surface area contributed by atoms with Crippen molar-refractivity contribution < 1.29 is 24.2 Å². The molecule has 0 bridgehead atoms. The van der Waals surface area contributed by atoms with Gasteiger partial charge in [-0.2, -0.15) is 0 Å². The van der Waals surface area contributed by atoms with Gasteiger partial charge in [-0.3, -0.25) is 14.4 Å². The Morgan fingerprint density at radius 3 is 2.51 bits per heavy atom. The van der Waals surface area contributed by atoms with Crippen molar-refractivity contribution in [3.63, 3.8) is 0 Å². The van der Waals surface area contributed by atoms with Gasteiger partial charge in [0.1, 0.15) is 12.6 Å². The fourth-order valence-corrected chi connectivity index (χ4v) is 8.57. The molecular weight excluding hydrogens is 464 g/mol. The number of benzene rings is 1. The molecule has 5 rings (SSSR count). The molecule has 0 saturated carbocycles. The molecule has 1 N–H and O–H groups in total. The van der Waals surface area contributed by atoms with Gasteiger partial charge < -0.3 is 19.6 Å². The van der Waals surface area contributed by atoms with E-state index in [9.17, 15) is 19.5 Å². The second kappa shape index (κ2) is 8.82. The number of carbonyl (C=O) groups is 3. The van der Waals surface area contributed by atoms with Gasteiger partial charge in [0.05, 0.1) is 16.6 Å². The molecule has 2 saturated heterocycles. The maximum absolute atomic E-state index is 14.4. The summed E-state index contributed by atoms with van der Waals surface area (Å²) in [5, 5.41) is 9.34. The van der Waals surface area contributed by atoms with E-state index in [2.05, 4.69) is 0 Å². The molecule has 0 radical (unpaired) electrons. The van der Waals surface area contributed by atoms with Gasteiger partial charge in [-0.1, -0.05) is 36.4 Å². The topological polar surface area (TPSA) is 87.2 Å². The predicted molar refractivity (Wildman–Crippen MR) is 135 cm³/mol. The maximum Gasteiger partial charge on any atom is 0.311 e. The van der Waals surface area contributed by atoms with E-state index in [4.69, 9.17) is 4.74 Å². The summed E-state index contributed by atoms with van der Waals surface area (Å²) in [5.74, 6) is -2.05. The van der Waals surface area contributed by atoms with Crippen LogP contribution in [0.5, 0.6) is 0 Å². The summed E-state index contributed by atoms with van der Waals surface area (Å²) in [5.41, 5.74) is 2.87. The lowest BCUT2D eigenvalue weighted by Gasteiger charge is -2.37. The number of unbranched alkanes of at least 4 members (excludes halogenated alkanes) is 1. The van der Waals surface area contributed by atoms with E-state index in [1.54, 1.807) is 21.6 Å². The first-order valence-electron chi connectivity index (χ1n) is 12.3. The normalized spacial score (nSPS) is 33.8. The summed E-state index contributed by atoms with van der Waals surface area (Å²) in [7, 11) is 0. The zero-order valence-electron chi connectivity index (χ0n) is 20.4. The monoisotopic (exact) mass is 496 g/mol. The Labute approximate surface area is 210 Å². The van der Waals surface area contributed by atoms with Gasteiger partial charge in [-0.05, 0) is 50.8 Å².